The smallest absolute Gasteiger partial charge is 0.306 e. The van der Waals surface area contributed by atoms with E-state index in [1.54, 1.807) is 10.9 Å². The maximum absolute atomic E-state index is 11.8. The summed E-state index contributed by atoms with van der Waals surface area (Å²) >= 11 is 0. The van der Waals surface area contributed by atoms with E-state index in [9.17, 15) is 4.79 Å². The van der Waals surface area contributed by atoms with Crippen LogP contribution >= 0.6 is 0 Å². The van der Waals surface area contributed by atoms with Gasteiger partial charge in [-0.1, -0.05) is 68.9 Å². The quantitative estimate of drug-likeness (QED) is 0.451. The number of hydrogen-bond donors (Lipinski definition) is 0. The Morgan fingerprint density at radius 1 is 1.04 bits per heavy atom. The third kappa shape index (κ3) is 6.52. The van der Waals surface area contributed by atoms with Gasteiger partial charge in [0, 0.05) is 6.42 Å². The van der Waals surface area contributed by atoms with Crippen molar-refractivity contribution in [3.8, 4) is 5.69 Å². The Labute approximate surface area is 144 Å². The summed E-state index contributed by atoms with van der Waals surface area (Å²) in [4.78, 5) is 11.8. The van der Waals surface area contributed by atoms with Gasteiger partial charge in [0.05, 0.1) is 11.9 Å². The van der Waals surface area contributed by atoms with Gasteiger partial charge in [0.25, 0.3) is 0 Å². The molecule has 0 saturated carbocycles. The molecule has 0 aliphatic rings. The molecule has 0 fully saturated rings. The molecule has 0 radical (unpaired) electrons. The fourth-order valence-corrected chi connectivity index (χ4v) is 2.52. The highest BCUT2D eigenvalue weighted by molar-refractivity contribution is 5.69. The van der Waals surface area contributed by atoms with E-state index in [1.807, 2.05) is 30.3 Å². The number of unbranched alkanes of at least 4 members (excludes halogenated alkanes) is 6. The third-order valence-corrected chi connectivity index (χ3v) is 3.93. The van der Waals surface area contributed by atoms with Crippen LogP contribution in [0.1, 0.15) is 64.0 Å². The second-order valence-electron chi connectivity index (χ2n) is 6.02. The van der Waals surface area contributed by atoms with Gasteiger partial charge in [0.1, 0.15) is 12.3 Å². The van der Waals surface area contributed by atoms with E-state index in [4.69, 9.17) is 4.74 Å². The van der Waals surface area contributed by atoms with Crippen LogP contribution in [0.3, 0.4) is 0 Å². The van der Waals surface area contributed by atoms with Gasteiger partial charge in [-0.15, -0.1) is 5.10 Å². The first-order valence-corrected chi connectivity index (χ1v) is 8.92. The van der Waals surface area contributed by atoms with Gasteiger partial charge in [-0.05, 0) is 18.6 Å². The van der Waals surface area contributed by atoms with Gasteiger partial charge in [-0.2, -0.15) is 0 Å². The van der Waals surface area contributed by atoms with Gasteiger partial charge < -0.3 is 4.74 Å². The molecule has 0 spiro atoms. The summed E-state index contributed by atoms with van der Waals surface area (Å²) in [6.07, 6.45) is 10.6. The number of nitrogens with zero attached hydrogens (tertiary/aromatic N) is 3. The highest BCUT2D eigenvalue weighted by Gasteiger charge is 2.07. The zero-order chi connectivity index (χ0) is 17.0. The van der Waals surface area contributed by atoms with E-state index >= 15 is 0 Å². The first-order chi connectivity index (χ1) is 11.8. The number of ether oxygens (including phenoxy) is 1. The van der Waals surface area contributed by atoms with Crippen LogP contribution in [0.4, 0.5) is 0 Å². The van der Waals surface area contributed by atoms with Crippen LogP contribution in [0, 0.1) is 0 Å². The molecule has 1 aromatic heterocycles. The van der Waals surface area contributed by atoms with E-state index in [1.165, 1.54) is 32.1 Å². The van der Waals surface area contributed by atoms with Gasteiger partial charge in [-0.3, -0.25) is 4.79 Å². The first kappa shape index (κ1) is 18.2. The molecule has 0 amide bonds. The minimum absolute atomic E-state index is 0.155. The number of aromatic nitrogens is 3. The average Bonchev–Trinajstić information content (AvgIpc) is 3.09. The van der Waals surface area contributed by atoms with Crippen molar-refractivity contribution in [1.29, 1.82) is 0 Å². The first-order valence-electron chi connectivity index (χ1n) is 8.92. The molecule has 0 saturated heterocycles. The molecule has 0 unspecified atom stereocenters. The molecule has 1 heterocycles. The summed E-state index contributed by atoms with van der Waals surface area (Å²) in [6, 6.07) is 9.74. The van der Waals surface area contributed by atoms with Gasteiger partial charge in [-0.25, -0.2) is 4.68 Å². The average molecular weight is 329 g/mol. The lowest BCUT2D eigenvalue weighted by molar-refractivity contribution is -0.145. The second kappa shape index (κ2) is 10.6. The molecule has 5 nitrogen and oxygen atoms in total. The Hall–Kier alpha value is -2.17. The molecule has 24 heavy (non-hydrogen) atoms. The van der Waals surface area contributed by atoms with Crippen molar-refractivity contribution in [1.82, 2.24) is 15.0 Å². The van der Waals surface area contributed by atoms with Crippen molar-refractivity contribution in [2.75, 3.05) is 0 Å². The Morgan fingerprint density at radius 2 is 1.75 bits per heavy atom. The Bertz CT molecular complexity index is 596. The largest absolute Gasteiger partial charge is 0.459 e. The number of carbonyl (C=O) groups is 1. The van der Waals surface area contributed by atoms with Crippen molar-refractivity contribution in [3.05, 3.63) is 42.2 Å². The predicted molar refractivity (Wildman–Crippen MR) is 93.8 cm³/mol. The predicted octanol–water partition coefficient (Wildman–Crippen LogP) is 4.45. The Morgan fingerprint density at radius 3 is 2.50 bits per heavy atom. The fraction of sp³-hybridized carbons (Fsp3) is 0.526. The lowest BCUT2D eigenvalue weighted by Gasteiger charge is -2.03. The highest BCUT2D eigenvalue weighted by Crippen LogP contribution is 2.10. The van der Waals surface area contributed by atoms with Crippen LogP contribution in [-0.4, -0.2) is 21.0 Å². The maximum Gasteiger partial charge on any atom is 0.306 e. The normalized spacial score (nSPS) is 10.7. The van der Waals surface area contributed by atoms with Crippen molar-refractivity contribution < 1.29 is 9.53 Å². The monoisotopic (exact) mass is 329 g/mol. The molecule has 0 aliphatic heterocycles. The molecule has 0 aliphatic carbocycles. The van der Waals surface area contributed by atoms with Crippen LogP contribution in [0.5, 0.6) is 0 Å². The molecule has 0 bridgehead atoms. The summed E-state index contributed by atoms with van der Waals surface area (Å²) < 4.78 is 6.95. The van der Waals surface area contributed by atoms with Crippen molar-refractivity contribution in [2.45, 2.75) is 64.9 Å². The maximum atomic E-state index is 11.8. The lowest BCUT2D eigenvalue weighted by atomic mass is 10.1. The second-order valence-corrected chi connectivity index (χ2v) is 6.02. The minimum Gasteiger partial charge on any atom is -0.459 e. The van der Waals surface area contributed by atoms with E-state index in [0.717, 1.165) is 18.5 Å². The number of para-hydroxylation sites is 1. The van der Waals surface area contributed by atoms with Crippen molar-refractivity contribution in [3.63, 3.8) is 0 Å². The molecule has 2 rings (SSSR count). The number of rotatable bonds is 11. The number of esters is 1. The topological polar surface area (TPSA) is 57.0 Å². The number of carbonyl (C=O) groups excluding carboxylic acids is 1. The summed E-state index contributed by atoms with van der Waals surface area (Å²) in [5.41, 5.74) is 1.59. The van der Waals surface area contributed by atoms with Crippen LogP contribution in [0.15, 0.2) is 36.5 Å². The van der Waals surface area contributed by atoms with E-state index in [2.05, 4.69) is 17.2 Å². The molecule has 5 heteroatoms. The van der Waals surface area contributed by atoms with Gasteiger partial charge in [0.15, 0.2) is 0 Å². The summed E-state index contributed by atoms with van der Waals surface area (Å²) in [7, 11) is 0. The van der Waals surface area contributed by atoms with Crippen molar-refractivity contribution in [2.24, 2.45) is 0 Å². The fourth-order valence-electron chi connectivity index (χ4n) is 2.52. The van der Waals surface area contributed by atoms with E-state index in [0.29, 0.717) is 12.1 Å². The molecule has 1 aromatic carbocycles. The van der Waals surface area contributed by atoms with Gasteiger partial charge >= 0.3 is 5.97 Å². The van der Waals surface area contributed by atoms with Crippen LogP contribution in [0.2, 0.25) is 0 Å². The van der Waals surface area contributed by atoms with Crippen LogP contribution < -0.4 is 0 Å². The van der Waals surface area contributed by atoms with Crippen LogP contribution in [-0.2, 0) is 16.1 Å². The molecular formula is C19H27N3O2. The zero-order valence-electron chi connectivity index (χ0n) is 14.5. The Balaban J connectivity index is 1.61. The molecule has 0 atom stereocenters. The molecule has 0 N–H and O–H groups in total. The number of hydrogen-bond acceptors (Lipinski definition) is 4. The van der Waals surface area contributed by atoms with Gasteiger partial charge in [0.2, 0.25) is 0 Å². The summed E-state index contributed by atoms with van der Waals surface area (Å²) in [5.74, 6) is -0.155. The van der Waals surface area contributed by atoms with E-state index in [-0.39, 0.29) is 12.6 Å². The Kier molecular flexibility index (Phi) is 8.01. The lowest BCUT2D eigenvalue weighted by Crippen LogP contribution is -2.04. The highest BCUT2D eigenvalue weighted by atomic mass is 16.5. The standard InChI is InChI=1S/C19H27N3O2/c1-2-3-4-5-6-7-11-14-19(23)24-16-17-15-22(21-20-17)18-12-9-8-10-13-18/h8-10,12-13,15H,2-7,11,14,16H2,1H3. The van der Waals surface area contributed by atoms with E-state index < -0.39 is 0 Å². The summed E-state index contributed by atoms with van der Waals surface area (Å²) in [6.45, 7) is 2.40. The molecule has 130 valence electrons. The van der Waals surface area contributed by atoms with Crippen molar-refractivity contribution >= 4 is 5.97 Å². The van der Waals surface area contributed by atoms with Crippen LogP contribution in [0.25, 0.3) is 5.69 Å². The minimum atomic E-state index is -0.155. The zero-order valence-corrected chi connectivity index (χ0v) is 14.5. The third-order valence-electron chi connectivity index (χ3n) is 3.93. The summed E-state index contributed by atoms with van der Waals surface area (Å²) in [5, 5.41) is 8.09. The molecule has 2 aromatic rings. The SMILES string of the molecule is CCCCCCCCCC(=O)OCc1cn(-c2ccccc2)nn1. The molecular weight excluding hydrogens is 302 g/mol. The number of benzene rings is 1.